The van der Waals surface area contributed by atoms with Crippen molar-refractivity contribution in [2.24, 2.45) is 0 Å². The van der Waals surface area contributed by atoms with Gasteiger partial charge >= 0.3 is 0 Å². The Balaban J connectivity index is 1.11. The highest BCUT2D eigenvalue weighted by molar-refractivity contribution is 6.30. The number of nitrogens with zero attached hydrogens (tertiary/aromatic N) is 2. The van der Waals surface area contributed by atoms with Crippen LogP contribution in [0.5, 0.6) is 0 Å². The number of allylic oxidation sites excluding steroid dienone is 4. The van der Waals surface area contributed by atoms with Crippen LogP contribution in [0.1, 0.15) is 19.4 Å². The van der Waals surface area contributed by atoms with Gasteiger partial charge in [-0.05, 0) is 88.4 Å². The Morgan fingerprint density at radius 2 is 0.775 bits per heavy atom. The van der Waals surface area contributed by atoms with E-state index in [1.807, 2.05) is 0 Å². The molecule has 0 amide bonds. The van der Waals surface area contributed by atoms with Crippen LogP contribution in [0, 0.1) is 0 Å². The molecular weight excluding hydrogens is 861 g/mol. The lowest BCUT2D eigenvalue weighted by molar-refractivity contribution is 0.669. The summed E-state index contributed by atoms with van der Waals surface area (Å²) in [4.78, 5) is 4.83. The van der Waals surface area contributed by atoms with Crippen LogP contribution in [-0.4, -0.2) is 0 Å². The van der Waals surface area contributed by atoms with E-state index in [9.17, 15) is 0 Å². The molecule has 338 valence electrons. The molecule has 0 radical (unpaired) electrons. The fourth-order valence-electron chi connectivity index (χ4n) is 10.4. The summed E-state index contributed by atoms with van der Waals surface area (Å²) in [5.41, 5.74) is 17.3. The molecule has 1 heterocycles. The van der Waals surface area contributed by atoms with Crippen LogP contribution in [-0.2, 0) is 0 Å². The number of benzene rings is 11. The molecule has 0 unspecified atom stereocenters. The van der Waals surface area contributed by atoms with Gasteiger partial charge in [-0.3, -0.25) is 0 Å². The Morgan fingerprint density at radius 1 is 0.352 bits per heavy atom. The van der Waals surface area contributed by atoms with E-state index in [0.29, 0.717) is 0 Å². The van der Waals surface area contributed by atoms with Crippen LogP contribution in [0.15, 0.2) is 277 Å². The monoisotopic (exact) mass is 910 g/mol. The molecular formula is C68H50N2O. The molecule has 0 aliphatic rings. The van der Waals surface area contributed by atoms with Crippen molar-refractivity contribution in [3.05, 3.63) is 278 Å². The van der Waals surface area contributed by atoms with Crippen molar-refractivity contribution < 1.29 is 4.42 Å². The van der Waals surface area contributed by atoms with Crippen molar-refractivity contribution in [2.45, 2.75) is 13.8 Å². The predicted octanol–water partition coefficient (Wildman–Crippen LogP) is 19.5. The van der Waals surface area contributed by atoms with E-state index in [1.54, 1.807) is 0 Å². The second-order valence-electron chi connectivity index (χ2n) is 18.1. The first-order valence-electron chi connectivity index (χ1n) is 24.3. The zero-order chi connectivity index (χ0) is 47.7. The van der Waals surface area contributed by atoms with Gasteiger partial charge in [-0.1, -0.05) is 224 Å². The fraction of sp³-hybridized carbons (Fsp3) is 0.0294. The molecule has 12 rings (SSSR count). The third-order valence-corrected chi connectivity index (χ3v) is 13.8. The molecule has 11 aromatic carbocycles. The van der Waals surface area contributed by atoms with Crippen molar-refractivity contribution in [3.63, 3.8) is 0 Å². The van der Waals surface area contributed by atoms with Gasteiger partial charge in [0.25, 0.3) is 0 Å². The summed E-state index contributed by atoms with van der Waals surface area (Å²) in [6.07, 6.45) is 4.48. The summed E-state index contributed by atoms with van der Waals surface area (Å²) in [7, 11) is 0. The molecule has 3 nitrogen and oxygen atoms in total. The largest absolute Gasteiger partial charge is 0.456 e. The molecule has 71 heavy (non-hydrogen) atoms. The molecule has 1 aromatic heterocycles. The molecule has 0 saturated carbocycles. The lowest BCUT2D eigenvalue weighted by Crippen LogP contribution is -2.16. The van der Waals surface area contributed by atoms with E-state index < -0.39 is 0 Å². The maximum Gasteiger partial charge on any atom is 0.138 e. The smallest absolute Gasteiger partial charge is 0.138 e. The number of para-hydroxylation sites is 2. The summed E-state index contributed by atoms with van der Waals surface area (Å²) in [6, 6.07) is 91.1. The predicted molar refractivity (Wildman–Crippen MR) is 302 cm³/mol. The first-order valence-corrected chi connectivity index (χ1v) is 24.3. The zero-order valence-corrected chi connectivity index (χ0v) is 39.7. The van der Waals surface area contributed by atoms with Crippen LogP contribution in [0.25, 0.3) is 82.4 Å². The summed E-state index contributed by atoms with van der Waals surface area (Å²) >= 11 is 0. The SMILES string of the molecule is C/C(=C\C=C(/C)N(c1ccccc1-c1ccccc1)c1cc2oc3cc(N(c4ccc(-c5ccccc5)cc4)c4ccccc4-c4ccccc4)c4ccccc4c3c2c2ccccc12)c1ccccc1. The quantitative estimate of drug-likeness (QED) is 0.121. The van der Waals surface area contributed by atoms with Crippen molar-refractivity contribution in [1.82, 2.24) is 0 Å². The molecule has 0 spiro atoms. The lowest BCUT2D eigenvalue weighted by atomic mass is 9.95. The number of hydrogen-bond acceptors (Lipinski definition) is 3. The van der Waals surface area contributed by atoms with E-state index in [4.69, 9.17) is 4.42 Å². The van der Waals surface area contributed by atoms with Crippen LogP contribution in [0.2, 0.25) is 0 Å². The maximum atomic E-state index is 7.32. The topological polar surface area (TPSA) is 19.6 Å². The first kappa shape index (κ1) is 43.1. The summed E-state index contributed by atoms with van der Waals surface area (Å²) < 4.78 is 7.32. The number of rotatable bonds is 11. The normalized spacial score (nSPS) is 12.0. The van der Waals surface area contributed by atoms with Crippen LogP contribution in [0.4, 0.5) is 28.4 Å². The average Bonchev–Trinajstić information content (AvgIpc) is 3.83. The van der Waals surface area contributed by atoms with E-state index in [0.717, 1.165) is 99.9 Å². The minimum absolute atomic E-state index is 0.823. The van der Waals surface area contributed by atoms with Gasteiger partial charge in [0.05, 0.1) is 22.7 Å². The standard InChI is InChI=1S/C68H50N2O/c1-47(49-23-7-3-8-24-49)39-40-48(2)69(61-37-21-19-31-55(61)52-27-11-5-12-28-52)63-45-65-67(59-35-17-15-33-57(59)63)68-60-36-18-16-34-58(60)64(46-66(68)71-65)70(54-43-41-51(42-44-54)50-25-9-4-10-26-50)62-38-22-20-32-56(62)53-29-13-6-14-30-53/h3-46H,1-2H3/b47-39+,48-40+. The molecule has 0 aliphatic heterocycles. The van der Waals surface area contributed by atoms with Gasteiger partial charge in [0.2, 0.25) is 0 Å². The van der Waals surface area contributed by atoms with Gasteiger partial charge in [0, 0.05) is 56.2 Å². The Kier molecular flexibility index (Phi) is 11.4. The van der Waals surface area contributed by atoms with Gasteiger partial charge in [0.15, 0.2) is 0 Å². The Hall–Kier alpha value is -9.18. The minimum atomic E-state index is 0.823. The first-order chi connectivity index (χ1) is 35.1. The van der Waals surface area contributed by atoms with E-state index in [-0.39, 0.29) is 0 Å². The second-order valence-corrected chi connectivity index (χ2v) is 18.1. The maximum absolute atomic E-state index is 7.32. The Bertz CT molecular complexity index is 3930. The second kappa shape index (κ2) is 18.7. The number of fused-ring (bicyclic) bond motifs is 7. The molecule has 3 heteroatoms. The van der Waals surface area contributed by atoms with Gasteiger partial charge < -0.3 is 14.2 Å². The van der Waals surface area contributed by atoms with Gasteiger partial charge in [0.1, 0.15) is 11.2 Å². The van der Waals surface area contributed by atoms with Gasteiger partial charge in [-0.2, -0.15) is 0 Å². The molecule has 0 aliphatic carbocycles. The third-order valence-electron chi connectivity index (χ3n) is 13.8. The molecule has 0 N–H and O–H groups in total. The molecule has 12 aromatic rings. The third kappa shape index (κ3) is 8.04. The Labute approximate surface area is 415 Å². The van der Waals surface area contributed by atoms with Crippen molar-refractivity contribution in [1.29, 1.82) is 0 Å². The molecule has 0 bridgehead atoms. The number of anilines is 5. The van der Waals surface area contributed by atoms with Crippen LogP contribution in [0.3, 0.4) is 0 Å². The van der Waals surface area contributed by atoms with Crippen molar-refractivity contribution >= 4 is 77.5 Å². The number of hydrogen-bond donors (Lipinski definition) is 0. The summed E-state index contributed by atoms with van der Waals surface area (Å²) in [6.45, 7) is 4.39. The minimum Gasteiger partial charge on any atom is -0.456 e. The van der Waals surface area contributed by atoms with Crippen molar-refractivity contribution in [3.8, 4) is 33.4 Å². The van der Waals surface area contributed by atoms with Crippen LogP contribution >= 0.6 is 0 Å². The van der Waals surface area contributed by atoms with E-state index in [2.05, 4.69) is 291 Å². The van der Waals surface area contributed by atoms with E-state index >= 15 is 0 Å². The summed E-state index contributed by atoms with van der Waals surface area (Å²) in [5, 5.41) is 6.72. The summed E-state index contributed by atoms with van der Waals surface area (Å²) in [5.74, 6) is 0. The fourth-order valence-corrected chi connectivity index (χ4v) is 10.4. The highest BCUT2D eigenvalue weighted by atomic mass is 16.3. The van der Waals surface area contributed by atoms with Crippen molar-refractivity contribution in [2.75, 3.05) is 9.80 Å². The lowest BCUT2D eigenvalue weighted by Gasteiger charge is -2.29. The Morgan fingerprint density at radius 3 is 1.35 bits per heavy atom. The zero-order valence-electron chi connectivity index (χ0n) is 39.7. The van der Waals surface area contributed by atoms with Gasteiger partial charge in [-0.15, -0.1) is 0 Å². The molecule has 0 saturated heterocycles. The average molecular weight is 911 g/mol. The van der Waals surface area contributed by atoms with E-state index in [1.165, 1.54) is 22.3 Å². The van der Waals surface area contributed by atoms with Crippen LogP contribution < -0.4 is 9.80 Å². The molecule has 0 atom stereocenters. The van der Waals surface area contributed by atoms with Gasteiger partial charge in [-0.25, -0.2) is 0 Å². The highest BCUT2D eigenvalue weighted by Crippen LogP contribution is 2.50. The molecule has 0 fully saturated rings. The number of furan rings is 1. The highest BCUT2D eigenvalue weighted by Gasteiger charge is 2.26.